The van der Waals surface area contributed by atoms with Crippen LogP contribution in [0.25, 0.3) is 0 Å². The molecule has 0 fully saturated rings. The maximum Gasteiger partial charge on any atom is 0.387 e. The van der Waals surface area contributed by atoms with Gasteiger partial charge in [-0.1, -0.05) is 6.07 Å². The summed E-state index contributed by atoms with van der Waals surface area (Å²) in [6.07, 6.45) is 0. The van der Waals surface area contributed by atoms with Gasteiger partial charge in [0.25, 0.3) is 5.91 Å². The van der Waals surface area contributed by atoms with Crippen LogP contribution in [0.1, 0.15) is 33.3 Å². The van der Waals surface area contributed by atoms with Gasteiger partial charge in [0, 0.05) is 0 Å². The summed E-state index contributed by atoms with van der Waals surface area (Å²) in [5.41, 5.74) is 2.66. The van der Waals surface area contributed by atoms with Crippen LogP contribution in [0.5, 0.6) is 5.75 Å². The van der Waals surface area contributed by atoms with Crippen molar-refractivity contribution in [1.82, 2.24) is 9.78 Å². The lowest BCUT2D eigenvalue weighted by Gasteiger charge is -2.12. The minimum absolute atomic E-state index is 0.0548. The molecule has 2 aromatic heterocycles. The van der Waals surface area contributed by atoms with Gasteiger partial charge in [-0.15, -0.1) is 0 Å². The number of benzene rings is 1. The molecule has 0 atom stereocenters. The van der Waals surface area contributed by atoms with Crippen LogP contribution < -0.4 is 10.1 Å². The first-order valence-electron chi connectivity index (χ1n) is 8.39. The predicted octanol–water partition coefficient (Wildman–Crippen LogP) is 5.07. The van der Waals surface area contributed by atoms with E-state index in [1.165, 1.54) is 18.2 Å². The van der Waals surface area contributed by atoms with Gasteiger partial charge in [0.1, 0.15) is 11.5 Å². The third kappa shape index (κ3) is 4.41. The minimum Gasteiger partial charge on any atom is -0.454 e. The zero-order valence-electron chi connectivity index (χ0n) is 15.4. The first kappa shape index (κ1) is 20.1. The van der Waals surface area contributed by atoms with Crippen molar-refractivity contribution in [2.75, 3.05) is 5.32 Å². The third-order valence-electron chi connectivity index (χ3n) is 4.09. The fraction of sp³-hybridized carbons (Fsp3) is 0.263. The number of ether oxygens (including phenoxy) is 1. The average molecular weight is 454 g/mol. The number of rotatable bonds is 6. The highest BCUT2D eigenvalue weighted by Gasteiger charge is 2.17. The van der Waals surface area contributed by atoms with Crippen molar-refractivity contribution in [3.05, 3.63) is 63.3 Å². The molecule has 28 heavy (non-hydrogen) atoms. The number of nitrogens with one attached hydrogen (secondary N) is 1. The van der Waals surface area contributed by atoms with Crippen LogP contribution in [0.3, 0.4) is 0 Å². The molecule has 148 valence electrons. The summed E-state index contributed by atoms with van der Waals surface area (Å²) >= 11 is 3.46. The number of carbonyl (C=O) groups is 1. The Morgan fingerprint density at radius 3 is 2.68 bits per heavy atom. The molecule has 9 heteroatoms. The Morgan fingerprint density at radius 1 is 1.29 bits per heavy atom. The van der Waals surface area contributed by atoms with Crippen molar-refractivity contribution in [3.63, 3.8) is 0 Å². The fourth-order valence-electron chi connectivity index (χ4n) is 2.67. The summed E-state index contributed by atoms with van der Waals surface area (Å²) in [6.45, 7) is 2.90. The van der Waals surface area contributed by atoms with E-state index < -0.39 is 12.5 Å². The number of anilines is 1. The first-order chi connectivity index (χ1) is 13.2. The Kier molecular flexibility index (Phi) is 5.83. The van der Waals surface area contributed by atoms with Gasteiger partial charge in [0.05, 0.1) is 28.1 Å². The van der Waals surface area contributed by atoms with Crippen LogP contribution in [-0.2, 0) is 6.54 Å². The topological polar surface area (TPSA) is 69.3 Å². The second-order valence-corrected chi connectivity index (χ2v) is 7.03. The molecule has 0 aliphatic rings. The van der Waals surface area contributed by atoms with Crippen LogP contribution in [-0.4, -0.2) is 22.3 Å². The lowest BCUT2D eigenvalue weighted by molar-refractivity contribution is -0.0494. The SMILES string of the molecule is Cc1ccc(NC(=O)c2ccc(Cn3nc(C)c(Br)c3C)o2)c(OC(F)F)c1. The lowest BCUT2D eigenvalue weighted by Crippen LogP contribution is -2.13. The molecule has 0 saturated carbocycles. The number of hydrogen-bond acceptors (Lipinski definition) is 4. The number of hydrogen-bond donors (Lipinski definition) is 1. The molecule has 0 saturated heterocycles. The number of carbonyl (C=O) groups excluding carboxylic acids is 1. The highest BCUT2D eigenvalue weighted by atomic mass is 79.9. The van der Waals surface area contributed by atoms with Gasteiger partial charge in [-0.25, -0.2) is 0 Å². The third-order valence-corrected chi connectivity index (χ3v) is 5.23. The van der Waals surface area contributed by atoms with Gasteiger partial charge in [-0.05, 0) is 66.5 Å². The van der Waals surface area contributed by atoms with Gasteiger partial charge in [0.2, 0.25) is 0 Å². The summed E-state index contributed by atoms with van der Waals surface area (Å²) in [5, 5.41) is 6.94. The Bertz CT molecular complexity index is 1010. The van der Waals surface area contributed by atoms with Gasteiger partial charge >= 0.3 is 6.61 Å². The maximum atomic E-state index is 12.6. The molecule has 1 N–H and O–H groups in total. The molecular formula is C19H18BrF2N3O3. The smallest absolute Gasteiger partial charge is 0.387 e. The van der Waals surface area contributed by atoms with E-state index in [4.69, 9.17) is 4.42 Å². The molecule has 1 amide bonds. The molecule has 0 spiro atoms. The van der Waals surface area contributed by atoms with Crippen molar-refractivity contribution in [3.8, 4) is 5.75 Å². The van der Waals surface area contributed by atoms with E-state index in [0.29, 0.717) is 12.3 Å². The molecule has 0 aliphatic carbocycles. The zero-order chi connectivity index (χ0) is 20.4. The van der Waals surface area contributed by atoms with Gasteiger partial charge < -0.3 is 14.5 Å². The van der Waals surface area contributed by atoms with E-state index >= 15 is 0 Å². The highest BCUT2D eigenvalue weighted by molar-refractivity contribution is 9.10. The predicted molar refractivity (Wildman–Crippen MR) is 103 cm³/mol. The summed E-state index contributed by atoms with van der Waals surface area (Å²) in [7, 11) is 0. The second kappa shape index (κ2) is 8.14. The number of aromatic nitrogens is 2. The standard InChI is InChI=1S/C19H18BrF2N3O3/c1-10-4-6-14(16(8-10)28-19(21)22)23-18(26)15-7-5-13(27-15)9-25-12(3)17(20)11(2)24-25/h4-8,19H,9H2,1-3H3,(H,23,26). The van der Waals surface area contributed by atoms with E-state index in [9.17, 15) is 13.6 Å². The Balaban J connectivity index is 1.75. The summed E-state index contributed by atoms with van der Waals surface area (Å²) in [6, 6.07) is 7.80. The number of furan rings is 1. The molecule has 3 rings (SSSR count). The van der Waals surface area contributed by atoms with Gasteiger partial charge in [-0.2, -0.15) is 13.9 Å². The molecule has 3 aromatic rings. The van der Waals surface area contributed by atoms with Crippen molar-refractivity contribution in [2.45, 2.75) is 33.9 Å². The minimum atomic E-state index is -2.99. The van der Waals surface area contributed by atoms with E-state index in [-0.39, 0.29) is 17.2 Å². The molecule has 0 radical (unpaired) electrons. The molecule has 0 unspecified atom stereocenters. The zero-order valence-corrected chi connectivity index (χ0v) is 17.0. The van der Waals surface area contributed by atoms with Crippen LogP contribution >= 0.6 is 15.9 Å². The Morgan fingerprint density at radius 2 is 2.04 bits per heavy atom. The monoisotopic (exact) mass is 453 g/mol. The maximum absolute atomic E-state index is 12.6. The van der Waals surface area contributed by atoms with Crippen LogP contribution in [0.15, 0.2) is 39.2 Å². The number of nitrogens with zero attached hydrogens (tertiary/aromatic N) is 2. The summed E-state index contributed by atoms with van der Waals surface area (Å²) in [5.74, 6) is -0.0817. The normalized spacial score (nSPS) is 11.1. The highest BCUT2D eigenvalue weighted by Crippen LogP contribution is 2.28. The Labute approximate surface area is 168 Å². The molecular weight excluding hydrogens is 436 g/mol. The summed E-state index contributed by atoms with van der Waals surface area (Å²) in [4.78, 5) is 12.5. The molecule has 6 nitrogen and oxygen atoms in total. The van der Waals surface area contributed by atoms with Crippen molar-refractivity contribution >= 4 is 27.5 Å². The quantitative estimate of drug-likeness (QED) is 0.565. The van der Waals surface area contributed by atoms with Crippen molar-refractivity contribution in [2.24, 2.45) is 0 Å². The fourth-order valence-corrected chi connectivity index (χ4v) is 2.96. The van der Waals surface area contributed by atoms with E-state index in [1.807, 2.05) is 13.8 Å². The largest absolute Gasteiger partial charge is 0.454 e. The Hall–Kier alpha value is -2.68. The van der Waals surface area contributed by atoms with Crippen molar-refractivity contribution in [1.29, 1.82) is 0 Å². The lowest BCUT2D eigenvalue weighted by atomic mass is 10.2. The number of amides is 1. The average Bonchev–Trinajstić information content (AvgIpc) is 3.18. The van der Waals surface area contributed by atoms with Crippen molar-refractivity contribution < 1.29 is 22.7 Å². The van der Waals surface area contributed by atoms with Crippen LogP contribution in [0, 0.1) is 20.8 Å². The van der Waals surface area contributed by atoms with E-state index in [0.717, 1.165) is 21.4 Å². The molecule has 1 aromatic carbocycles. The summed E-state index contributed by atoms with van der Waals surface area (Å²) < 4.78 is 38.0. The van der Waals surface area contributed by atoms with E-state index in [1.54, 1.807) is 23.7 Å². The molecule has 0 aliphatic heterocycles. The van der Waals surface area contributed by atoms with Crippen LogP contribution in [0.2, 0.25) is 0 Å². The number of alkyl halides is 2. The molecule has 2 heterocycles. The van der Waals surface area contributed by atoms with Crippen LogP contribution in [0.4, 0.5) is 14.5 Å². The van der Waals surface area contributed by atoms with E-state index in [2.05, 4.69) is 31.1 Å². The first-order valence-corrected chi connectivity index (χ1v) is 9.19. The number of halogens is 3. The van der Waals surface area contributed by atoms with Gasteiger partial charge in [0.15, 0.2) is 5.76 Å². The second-order valence-electron chi connectivity index (χ2n) is 6.24. The molecule has 0 bridgehead atoms. The number of aryl methyl sites for hydroxylation is 2. The van der Waals surface area contributed by atoms with Gasteiger partial charge in [-0.3, -0.25) is 9.48 Å².